The highest BCUT2D eigenvalue weighted by Gasteiger charge is 2.07. The zero-order valence-corrected chi connectivity index (χ0v) is 10.8. The summed E-state index contributed by atoms with van der Waals surface area (Å²) in [6.07, 6.45) is 3.12. The molecule has 0 bridgehead atoms. The molecule has 2 aromatic rings. The molecule has 94 valence electrons. The lowest BCUT2D eigenvalue weighted by molar-refractivity contribution is 0.290. The Bertz CT molecular complexity index is 507. The molecular weight excluding hydrogens is 252 g/mol. The fraction of sp³-hybridized carbons (Fsp3) is 0.333. The predicted molar refractivity (Wildman–Crippen MR) is 67.7 cm³/mol. The second-order valence-electron chi connectivity index (χ2n) is 3.65. The molecule has 0 saturated heterocycles. The Balaban J connectivity index is 2.15. The van der Waals surface area contributed by atoms with Gasteiger partial charge >= 0.3 is 6.01 Å². The highest BCUT2D eigenvalue weighted by atomic mass is 35.5. The van der Waals surface area contributed by atoms with Gasteiger partial charge in [0.25, 0.3) is 0 Å². The predicted octanol–water partition coefficient (Wildman–Crippen LogP) is 2.30. The lowest BCUT2D eigenvalue weighted by Gasteiger charge is -2.04. The lowest BCUT2D eigenvalue weighted by atomic mass is 10.2. The van der Waals surface area contributed by atoms with Gasteiger partial charge in [-0.25, -0.2) is 4.98 Å². The second-order valence-corrected chi connectivity index (χ2v) is 3.99. The van der Waals surface area contributed by atoms with Crippen molar-refractivity contribution >= 4 is 11.6 Å². The van der Waals surface area contributed by atoms with Crippen LogP contribution in [0, 0.1) is 0 Å². The molecule has 0 saturated carbocycles. The smallest absolute Gasteiger partial charge is 0.320 e. The van der Waals surface area contributed by atoms with E-state index in [0.717, 1.165) is 12.1 Å². The van der Waals surface area contributed by atoms with Crippen LogP contribution in [-0.4, -0.2) is 26.5 Å². The number of nitrogens with zero attached hydrogens (tertiary/aromatic N) is 4. The zero-order chi connectivity index (χ0) is 12.8. The van der Waals surface area contributed by atoms with Crippen molar-refractivity contribution in [3.05, 3.63) is 41.2 Å². The Morgan fingerprint density at radius 2 is 2.11 bits per heavy atom. The van der Waals surface area contributed by atoms with E-state index in [9.17, 15) is 0 Å². The van der Waals surface area contributed by atoms with Crippen LogP contribution < -0.4 is 4.74 Å². The van der Waals surface area contributed by atoms with Crippen molar-refractivity contribution < 1.29 is 4.74 Å². The molecule has 0 radical (unpaired) electrons. The first kappa shape index (κ1) is 12.7. The molecule has 0 atom stereocenters. The van der Waals surface area contributed by atoms with Gasteiger partial charge in [0.15, 0.2) is 0 Å². The minimum absolute atomic E-state index is 0.141. The SMILES string of the molecule is CCCOc1nc(Cl)nc(Cc2ccccn2)n1. The Kier molecular flexibility index (Phi) is 4.41. The minimum Gasteiger partial charge on any atom is -0.463 e. The van der Waals surface area contributed by atoms with Gasteiger partial charge in [0.05, 0.1) is 13.0 Å². The lowest BCUT2D eigenvalue weighted by Crippen LogP contribution is -2.05. The van der Waals surface area contributed by atoms with E-state index in [2.05, 4.69) is 19.9 Å². The molecule has 2 aromatic heterocycles. The maximum absolute atomic E-state index is 5.83. The summed E-state index contributed by atoms with van der Waals surface area (Å²) in [6.45, 7) is 2.57. The van der Waals surface area contributed by atoms with E-state index in [-0.39, 0.29) is 11.3 Å². The van der Waals surface area contributed by atoms with Crippen molar-refractivity contribution in [3.63, 3.8) is 0 Å². The number of aromatic nitrogens is 4. The van der Waals surface area contributed by atoms with Crippen molar-refractivity contribution in [2.24, 2.45) is 0 Å². The molecule has 0 spiro atoms. The summed E-state index contributed by atoms with van der Waals surface area (Å²) in [6, 6.07) is 5.95. The first-order valence-corrected chi connectivity index (χ1v) is 6.09. The molecular formula is C12H13ClN4O. The van der Waals surface area contributed by atoms with Crippen LogP contribution in [0.3, 0.4) is 0 Å². The monoisotopic (exact) mass is 264 g/mol. The van der Waals surface area contributed by atoms with Crippen LogP contribution in [0.25, 0.3) is 0 Å². The van der Waals surface area contributed by atoms with Gasteiger partial charge in [-0.2, -0.15) is 9.97 Å². The summed E-state index contributed by atoms with van der Waals surface area (Å²) in [4.78, 5) is 16.4. The Hall–Kier alpha value is -1.75. The third-order valence-electron chi connectivity index (χ3n) is 2.13. The molecule has 0 aliphatic carbocycles. The standard InChI is InChI=1S/C12H13ClN4O/c1-2-7-18-12-16-10(15-11(13)17-12)8-9-5-3-4-6-14-9/h3-6H,2,7-8H2,1H3. The van der Waals surface area contributed by atoms with Crippen molar-refractivity contribution in [2.75, 3.05) is 6.61 Å². The van der Waals surface area contributed by atoms with E-state index in [1.165, 1.54) is 0 Å². The van der Waals surface area contributed by atoms with Crippen LogP contribution in [0.4, 0.5) is 0 Å². The van der Waals surface area contributed by atoms with E-state index >= 15 is 0 Å². The molecule has 0 aliphatic heterocycles. The summed E-state index contributed by atoms with van der Waals surface area (Å²) >= 11 is 5.83. The maximum atomic E-state index is 5.83. The van der Waals surface area contributed by atoms with Gasteiger partial charge in [-0.05, 0) is 30.2 Å². The van der Waals surface area contributed by atoms with Crippen molar-refractivity contribution in [1.82, 2.24) is 19.9 Å². The Morgan fingerprint density at radius 3 is 2.83 bits per heavy atom. The molecule has 0 N–H and O–H groups in total. The van der Waals surface area contributed by atoms with Crippen molar-refractivity contribution in [3.8, 4) is 6.01 Å². The van der Waals surface area contributed by atoms with E-state index < -0.39 is 0 Å². The highest BCUT2D eigenvalue weighted by molar-refractivity contribution is 6.28. The average Bonchev–Trinajstić information content (AvgIpc) is 2.37. The van der Waals surface area contributed by atoms with Crippen molar-refractivity contribution in [1.29, 1.82) is 0 Å². The third kappa shape index (κ3) is 3.63. The van der Waals surface area contributed by atoms with Gasteiger partial charge in [0, 0.05) is 11.9 Å². The number of pyridine rings is 1. The van der Waals surface area contributed by atoms with Gasteiger partial charge in [-0.1, -0.05) is 13.0 Å². The van der Waals surface area contributed by atoms with Crippen LogP contribution in [0.5, 0.6) is 6.01 Å². The Morgan fingerprint density at radius 1 is 1.22 bits per heavy atom. The average molecular weight is 265 g/mol. The number of hydrogen-bond acceptors (Lipinski definition) is 5. The number of hydrogen-bond donors (Lipinski definition) is 0. The topological polar surface area (TPSA) is 60.8 Å². The molecule has 18 heavy (non-hydrogen) atoms. The van der Waals surface area contributed by atoms with Crippen LogP contribution >= 0.6 is 11.6 Å². The molecule has 0 unspecified atom stereocenters. The van der Waals surface area contributed by atoms with Gasteiger partial charge < -0.3 is 4.74 Å². The first-order valence-electron chi connectivity index (χ1n) is 5.71. The number of ether oxygens (including phenoxy) is 1. The summed E-state index contributed by atoms with van der Waals surface area (Å²) in [5.74, 6) is 0.555. The van der Waals surface area contributed by atoms with Gasteiger partial charge in [-0.3, -0.25) is 4.98 Å². The van der Waals surface area contributed by atoms with E-state index in [4.69, 9.17) is 16.3 Å². The third-order valence-corrected chi connectivity index (χ3v) is 2.30. The summed E-state index contributed by atoms with van der Waals surface area (Å²) in [7, 11) is 0. The summed E-state index contributed by atoms with van der Waals surface area (Å²) in [5.41, 5.74) is 0.876. The first-order chi connectivity index (χ1) is 8.78. The molecule has 0 aromatic carbocycles. The summed E-state index contributed by atoms with van der Waals surface area (Å²) < 4.78 is 5.35. The van der Waals surface area contributed by atoms with Gasteiger partial charge in [-0.15, -0.1) is 0 Å². The molecule has 2 rings (SSSR count). The number of rotatable bonds is 5. The number of halogens is 1. The van der Waals surface area contributed by atoms with Crippen LogP contribution in [0.1, 0.15) is 24.9 Å². The largest absolute Gasteiger partial charge is 0.463 e. The fourth-order valence-electron chi connectivity index (χ4n) is 1.37. The normalized spacial score (nSPS) is 10.3. The molecule has 2 heterocycles. The Labute approximate surface area is 110 Å². The fourth-order valence-corrected chi connectivity index (χ4v) is 1.54. The molecule has 0 aliphatic rings. The maximum Gasteiger partial charge on any atom is 0.320 e. The van der Waals surface area contributed by atoms with Gasteiger partial charge in [0.1, 0.15) is 5.82 Å². The molecule has 5 nitrogen and oxygen atoms in total. The van der Waals surface area contributed by atoms with Crippen LogP contribution in [0.15, 0.2) is 24.4 Å². The van der Waals surface area contributed by atoms with Gasteiger partial charge in [0.2, 0.25) is 5.28 Å². The van der Waals surface area contributed by atoms with E-state index in [1.54, 1.807) is 6.20 Å². The minimum atomic E-state index is 0.141. The molecule has 0 amide bonds. The zero-order valence-electron chi connectivity index (χ0n) is 10.0. The van der Waals surface area contributed by atoms with Crippen LogP contribution in [0.2, 0.25) is 5.28 Å². The van der Waals surface area contributed by atoms with E-state index in [0.29, 0.717) is 18.9 Å². The quantitative estimate of drug-likeness (QED) is 0.829. The van der Waals surface area contributed by atoms with Crippen LogP contribution in [-0.2, 0) is 6.42 Å². The second kappa shape index (κ2) is 6.26. The van der Waals surface area contributed by atoms with E-state index in [1.807, 2.05) is 25.1 Å². The molecule has 0 fully saturated rings. The highest BCUT2D eigenvalue weighted by Crippen LogP contribution is 2.10. The van der Waals surface area contributed by atoms with Crippen molar-refractivity contribution in [2.45, 2.75) is 19.8 Å². The molecule has 6 heteroatoms. The summed E-state index contributed by atoms with van der Waals surface area (Å²) in [5, 5.41) is 0.141.